The quantitative estimate of drug-likeness (QED) is 0.614. The van der Waals surface area contributed by atoms with Crippen LogP contribution in [-0.4, -0.2) is 47.2 Å². The molecule has 0 saturated carbocycles. The first-order chi connectivity index (χ1) is 7.04. The van der Waals surface area contributed by atoms with Crippen LogP contribution >= 0.6 is 0 Å². The number of carbonyl (C=O) groups excluding carboxylic acids is 2. The Bertz CT molecular complexity index is 337. The van der Waals surface area contributed by atoms with E-state index in [1.807, 2.05) is 0 Å². The van der Waals surface area contributed by atoms with Crippen molar-refractivity contribution >= 4 is 23.5 Å². The minimum absolute atomic E-state index is 0.111. The van der Waals surface area contributed by atoms with E-state index in [2.05, 4.69) is 10.4 Å². The van der Waals surface area contributed by atoms with E-state index >= 15 is 0 Å². The van der Waals surface area contributed by atoms with Gasteiger partial charge in [0.25, 0.3) is 5.91 Å². The normalized spacial score (nSPS) is 15.9. The third-order valence-corrected chi connectivity index (χ3v) is 1.88. The molecule has 0 aromatic heterocycles. The highest BCUT2D eigenvalue weighted by molar-refractivity contribution is 6.39. The van der Waals surface area contributed by atoms with Crippen LogP contribution in [0.25, 0.3) is 0 Å². The van der Waals surface area contributed by atoms with Gasteiger partial charge < -0.3 is 10.4 Å². The van der Waals surface area contributed by atoms with Crippen LogP contribution in [0.3, 0.4) is 0 Å². The van der Waals surface area contributed by atoms with Crippen molar-refractivity contribution in [1.29, 1.82) is 0 Å². The molecule has 0 unspecified atom stereocenters. The molecular weight excluding hydrogens is 202 g/mol. The molecule has 1 rings (SSSR count). The van der Waals surface area contributed by atoms with Crippen LogP contribution in [0.1, 0.15) is 12.8 Å². The zero-order valence-electron chi connectivity index (χ0n) is 8.19. The third-order valence-electron chi connectivity index (χ3n) is 1.88. The van der Waals surface area contributed by atoms with Crippen LogP contribution in [-0.2, 0) is 14.4 Å². The molecule has 0 spiro atoms. The van der Waals surface area contributed by atoms with Gasteiger partial charge in [-0.05, 0) is 0 Å². The van der Waals surface area contributed by atoms with Gasteiger partial charge in [-0.15, -0.1) is 0 Å². The Morgan fingerprint density at radius 1 is 1.53 bits per heavy atom. The molecule has 82 valence electrons. The second kappa shape index (κ2) is 4.54. The lowest BCUT2D eigenvalue weighted by atomic mass is 10.1. The van der Waals surface area contributed by atoms with Crippen molar-refractivity contribution in [2.45, 2.75) is 12.8 Å². The summed E-state index contributed by atoms with van der Waals surface area (Å²) in [6.07, 6.45) is 0.355. The summed E-state index contributed by atoms with van der Waals surface area (Å²) < 4.78 is 0. The molecule has 0 aromatic rings. The van der Waals surface area contributed by atoms with E-state index in [0.717, 1.165) is 5.01 Å². The molecule has 0 aromatic carbocycles. The van der Waals surface area contributed by atoms with E-state index in [4.69, 9.17) is 5.11 Å². The lowest BCUT2D eigenvalue weighted by Gasteiger charge is -2.20. The number of hydrogen-bond acceptors (Lipinski definition) is 4. The van der Waals surface area contributed by atoms with E-state index in [1.165, 1.54) is 7.05 Å². The lowest BCUT2D eigenvalue weighted by molar-refractivity contribution is -0.144. The van der Waals surface area contributed by atoms with Gasteiger partial charge in [0.2, 0.25) is 5.91 Å². The Balaban J connectivity index is 2.80. The highest BCUT2D eigenvalue weighted by Gasteiger charge is 2.25. The molecule has 7 heteroatoms. The highest BCUT2D eigenvalue weighted by Crippen LogP contribution is 2.08. The van der Waals surface area contributed by atoms with Crippen LogP contribution < -0.4 is 5.32 Å². The standard InChI is InChI=1S/C8H11N3O4/c1-9-8(15)5-2-3-6(12)11(10-5)4-7(13)14/h2-4H2,1H3,(H,9,15)(H,13,14). The average molecular weight is 213 g/mol. The van der Waals surface area contributed by atoms with Gasteiger partial charge >= 0.3 is 5.97 Å². The van der Waals surface area contributed by atoms with Gasteiger partial charge in [0.05, 0.1) is 0 Å². The SMILES string of the molecule is CNC(=O)C1=NN(CC(=O)O)C(=O)CC1. The number of hydrogen-bond donors (Lipinski definition) is 2. The zero-order chi connectivity index (χ0) is 11.4. The maximum Gasteiger partial charge on any atom is 0.325 e. The number of aliphatic carboxylic acids is 1. The van der Waals surface area contributed by atoms with Crippen molar-refractivity contribution in [3.8, 4) is 0 Å². The maximum atomic E-state index is 11.2. The molecule has 1 heterocycles. The number of carbonyl (C=O) groups is 3. The Morgan fingerprint density at radius 2 is 2.20 bits per heavy atom. The van der Waals surface area contributed by atoms with Crippen molar-refractivity contribution in [3.63, 3.8) is 0 Å². The van der Waals surface area contributed by atoms with E-state index in [-0.39, 0.29) is 24.5 Å². The highest BCUT2D eigenvalue weighted by atomic mass is 16.4. The van der Waals surface area contributed by atoms with Crippen LogP contribution in [0, 0.1) is 0 Å². The minimum atomic E-state index is -1.16. The van der Waals surface area contributed by atoms with Gasteiger partial charge in [-0.2, -0.15) is 5.10 Å². The summed E-state index contributed by atoms with van der Waals surface area (Å²) in [5.74, 6) is -1.94. The molecule has 1 aliphatic heterocycles. The molecule has 0 saturated heterocycles. The number of nitrogens with zero attached hydrogens (tertiary/aromatic N) is 2. The summed E-state index contributed by atoms with van der Waals surface area (Å²) in [7, 11) is 1.45. The Kier molecular flexibility index (Phi) is 3.37. The summed E-state index contributed by atoms with van der Waals surface area (Å²) in [6.45, 7) is -0.515. The first-order valence-electron chi connectivity index (χ1n) is 4.36. The molecule has 2 amide bonds. The van der Waals surface area contributed by atoms with Crippen molar-refractivity contribution in [1.82, 2.24) is 10.3 Å². The molecule has 1 aliphatic rings. The monoisotopic (exact) mass is 213 g/mol. The first-order valence-corrected chi connectivity index (χ1v) is 4.36. The van der Waals surface area contributed by atoms with Gasteiger partial charge in [0, 0.05) is 19.9 Å². The Morgan fingerprint density at radius 3 is 2.73 bits per heavy atom. The first kappa shape index (κ1) is 11.2. The number of hydrazone groups is 1. The molecule has 0 radical (unpaired) electrons. The number of carboxylic acid groups (broad SMARTS) is 1. The van der Waals surface area contributed by atoms with Crippen LogP contribution in [0.4, 0.5) is 0 Å². The fraction of sp³-hybridized carbons (Fsp3) is 0.500. The summed E-state index contributed by atoms with van der Waals surface area (Å²) in [4.78, 5) is 32.8. The van der Waals surface area contributed by atoms with Crippen LogP contribution in [0.5, 0.6) is 0 Å². The van der Waals surface area contributed by atoms with Crippen molar-refractivity contribution < 1.29 is 19.5 Å². The molecular formula is C8H11N3O4. The van der Waals surface area contributed by atoms with Crippen molar-refractivity contribution in [2.24, 2.45) is 5.10 Å². The minimum Gasteiger partial charge on any atom is -0.480 e. The fourth-order valence-corrected chi connectivity index (χ4v) is 1.16. The van der Waals surface area contributed by atoms with Crippen LogP contribution in [0.15, 0.2) is 5.10 Å². The molecule has 7 nitrogen and oxygen atoms in total. The Hall–Kier alpha value is -1.92. The number of rotatable bonds is 3. The van der Waals surface area contributed by atoms with Gasteiger partial charge in [0.15, 0.2) is 0 Å². The molecule has 0 atom stereocenters. The van der Waals surface area contributed by atoms with Gasteiger partial charge in [0.1, 0.15) is 12.3 Å². The second-order valence-electron chi connectivity index (χ2n) is 2.97. The lowest BCUT2D eigenvalue weighted by Crippen LogP contribution is -2.39. The maximum absolute atomic E-state index is 11.2. The van der Waals surface area contributed by atoms with E-state index < -0.39 is 18.4 Å². The van der Waals surface area contributed by atoms with Gasteiger partial charge in [-0.3, -0.25) is 14.4 Å². The number of amides is 2. The predicted octanol–water partition coefficient (Wildman–Crippen LogP) is -1.20. The van der Waals surface area contributed by atoms with E-state index in [9.17, 15) is 14.4 Å². The summed E-state index contributed by atoms with van der Waals surface area (Å²) in [5, 5.41) is 15.4. The van der Waals surface area contributed by atoms with Gasteiger partial charge in [-0.25, -0.2) is 5.01 Å². The largest absolute Gasteiger partial charge is 0.480 e. The number of nitrogens with one attached hydrogen (secondary N) is 1. The zero-order valence-corrected chi connectivity index (χ0v) is 8.19. The van der Waals surface area contributed by atoms with Crippen molar-refractivity contribution in [2.75, 3.05) is 13.6 Å². The molecule has 0 fully saturated rings. The van der Waals surface area contributed by atoms with E-state index in [0.29, 0.717) is 0 Å². The average Bonchev–Trinajstić information content (AvgIpc) is 2.19. The van der Waals surface area contributed by atoms with Crippen molar-refractivity contribution in [3.05, 3.63) is 0 Å². The molecule has 0 bridgehead atoms. The summed E-state index contributed by atoms with van der Waals surface area (Å²) in [5.41, 5.74) is 0.179. The molecule has 0 aliphatic carbocycles. The summed E-state index contributed by atoms with van der Waals surface area (Å²) in [6, 6.07) is 0. The van der Waals surface area contributed by atoms with Crippen LogP contribution in [0.2, 0.25) is 0 Å². The fourth-order valence-electron chi connectivity index (χ4n) is 1.16. The van der Waals surface area contributed by atoms with Gasteiger partial charge in [-0.1, -0.05) is 0 Å². The smallest absolute Gasteiger partial charge is 0.325 e. The number of carboxylic acids is 1. The summed E-state index contributed by atoms with van der Waals surface area (Å²) >= 11 is 0. The second-order valence-corrected chi connectivity index (χ2v) is 2.97. The molecule has 15 heavy (non-hydrogen) atoms. The van der Waals surface area contributed by atoms with E-state index in [1.54, 1.807) is 0 Å². The Labute approximate surface area is 85.7 Å². The molecule has 2 N–H and O–H groups in total. The third kappa shape index (κ3) is 2.76. The topological polar surface area (TPSA) is 99.1 Å². The predicted molar refractivity (Wildman–Crippen MR) is 50.1 cm³/mol.